The van der Waals surface area contributed by atoms with Crippen molar-refractivity contribution in [2.45, 2.75) is 0 Å². The van der Waals surface area contributed by atoms with E-state index < -0.39 is 0 Å². The van der Waals surface area contributed by atoms with Crippen molar-refractivity contribution in [3.8, 4) is 44.8 Å². The van der Waals surface area contributed by atoms with Gasteiger partial charge in [-0.25, -0.2) is 0 Å². The van der Waals surface area contributed by atoms with E-state index in [9.17, 15) is 0 Å². The second-order valence-electron chi connectivity index (χ2n) is 14.9. The Labute approximate surface area is 328 Å². The molecule has 57 heavy (non-hydrogen) atoms. The number of rotatable bonds is 5. The second-order valence-corrected chi connectivity index (χ2v) is 14.9. The molecule has 0 N–H and O–H groups in total. The smallest absolute Gasteiger partial charge is 0.137 e. The number of benzene rings is 9. The third kappa shape index (κ3) is 4.92. The first-order valence-corrected chi connectivity index (χ1v) is 19.5. The molecule has 12 rings (SSSR count). The molecule has 0 amide bonds. The van der Waals surface area contributed by atoms with E-state index in [2.05, 4.69) is 215 Å². The average Bonchev–Trinajstić information content (AvgIpc) is 3.94. The molecule has 3 nitrogen and oxygen atoms in total. The predicted octanol–water partition coefficient (Wildman–Crippen LogP) is 14.8. The van der Waals surface area contributed by atoms with Gasteiger partial charge in [0, 0.05) is 49.8 Å². The molecule has 0 unspecified atom stereocenters. The Bertz CT molecular complexity index is 3510. The molecule has 0 atom stereocenters. The van der Waals surface area contributed by atoms with Gasteiger partial charge in [-0.05, 0) is 100 Å². The first-order chi connectivity index (χ1) is 28.3. The first-order valence-electron chi connectivity index (χ1n) is 19.5. The number of hydrogen-bond donors (Lipinski definition) is 0. The first kappa shape index (κ1) is 31.7. The number of para-hydroxylation sites is 2. The quantitative estimate of drug-likeness (QED) is 0.173. The van der Waals surface area contributed by atoms with E-state index in [4.69, 9.17) is 4.42 Å². The molecule has 9 aromatic carbocycles. The summed E-state index contributed by atoms with van der Waals surface area (Å²) in [7, 11) is 0. The summed E-state index contributed by atoms with van der Waals surface area (Å²) in [6, 6.07) is 74.4. The van der Waals surface area contributed by atoms with Gasteiger partial charge in [-0.1, -0.05) is 133 Å². The zero-order valence-electron chi connectivity index (χ0n) is 30.9. The van der Waals surface area contributed by atoms with Crippen molar-refractivity contribution < 1.29 is 4.42 Å². The molecule has 0 fully saturated rings. The van der Waals surface area contributed by atoms with Gasteiger partial charge in [0.1, 0.15) is 11.2 Å². The van der Waals surface area contributed by atoms with Crippen LogP contribution in [-0.2, 0) is 0 Å². The minimum absolute atomic E-state index is 0.882. The Morgan fingerprint density at radius 1 is 0.281 bits per heavy atom. The summed E-state index contributed by atoms with van der Waals surface area (Å²) in [5.74, 6) is 0. The summed E-state index contributed by atoms with van der Waals surface area (Å²) >= 11 is 0. The maximum Gasteiger partial charge on any atom is 0.137 e. The number of aromatic nitrogens is 2. The molecule has 266 valence electrons. The van der Waals surface area contributed by atoms with Gasteiger partial charge in [-0.15, -0.1) is 0 Å². The van der Waals surface area contributed by atoms with E-state index in [0.29, 0.717) is 0 Å². The summed E-state index contributed by atoms with van der Waals surface area (Å²) in [5, 5.41) is 7.20. The van der Waals surface area contributed by atoms with Crippen LogP contribution in [0.4, 0.5) is 0 Å². The van der Waals surface area contributed by atoms with Crippen molar-refractivity contribution in [3.63, 3.8) is 0 Å². The van der Waals surface area contributed by atoms with Gasteiger partial charge in [0.25, 0.3) is 0 Å². The Kier molecular flexibility index (Phi) is 6.93. The van der Waals surface area contributed by atoms with Crippen molar-refractivity contribution in [2.24, 2.45) is 0 Å². The maximum atomic E-state index is 6.56. The molecule has 0 saturated heterocycles. The van der Waals surface area contributed by atoms with Crippen LogP contribution in [0.3, 0.4) is 0 Å². The van der Waals surface area contributed by atoms with E-state index in [1.807, 2.05) is 0 Å². The third-order valence-electron chi connectivity index (χ3n) is 11.7. The molecule has 0 saturated carbocycles. The van der Waals surface area contributed by atoms with Gasteiger partial charge in [0.2, 0.25) is 0 Å². The van der Waals surface area contributed by atoms with Crippen LogP contribution in [0.5, 0.6) is 0 Å². The summed E-state index contributed by atoms with van der Waals surface area (Å²) < 4.78 is 11.3. The molecule has 3 heterocycles. The van der Waals surface area contributed by atoms with Crippen molar-refractivity contribution in [1.29, 1.82) is 0 Å². The molecule has 3 heteroatoms. The molecule has 0 spiro atoms. The lowest BCUT2D eigenvalue weighted by Crippen LogP contribution is -1.94. The van der Waals surface area contributed by atoms with E-state index in [0.717, 1.165) is 38.8 Å². The molecule has 0 aliphatic carbocycles. The lowest BCUT2D eigenvalue weighted by molar-refractivity contribution is 0.668. The van der Waals surface area contributed by atoms with Crippen LogP contribution < -0.4 is 0 Å². The molecule has 0 radical (unpaired) electrons. The monoisotopic (exact) mass is 726 g/mol. The Balaban J connectivity index is 0.992. The molecule has 3 aromatic heterocycles. The maximum absolute atomic E-state index is 6.56. The van der Waals surface area contributed by atoms with E-state index in [-0.39, 0.29) is 0 Å². The van der Waals surface area contributed by atoms with Gasteiger partial charge in [-0.3, -0.25) is 0 Å². The molecule has 0 bridgehead atoms. The van der Waals surface area contributed by atoms with Crippen LogP contribution in [0.1, 0.15) is 0 Å². The zero-order valence-corrected chi connectivity index (χ0v) is 30.9. The SMILES string of the molecule is c1ccc(-c2cccc(-n3c4ccccc4c4cc(-c5ccc6c(c5)c5ccccc5n6-c5ccc6c(c5)oc5cccc(-c7ccccc7)c56)ccc43)c2)cc1. The van der Waals surface area contributed by atoms with E-state index in [1.165, 1.54) is 71.5 Å². The fourth-order valence-corrected chi connectivity index (χ4v) is 9.13. The predicted molar refractivity (Wildman–Crippen MR) is 239 cm³/mol. The van der Waals surface area contributed by atoms with E-state index >= 15 is 0 Å². The minimum atomic E-state index is 0.882. The van der Waals surface area contributed by atoms with Crippen LogP contribution in [0.25, 0.3) is 110 Å². The molecular formula is C54H34N2O. The summed E-state index contributed by atoms with van der Waals surface area (Å²) in [5.41, 5.74) is 15.9. The number of fused-ring (bicyclic) bond motifs is 9. The Morgan fingerprint density at radius 2 is 0.807 bits per heavy atom. The lowest BCUT2D eigenvalue weighted by Gasteiger charge is -2.11. The van der Waals surface area contributed by atoms with Crippen molar-refractivity contribution in [1.82, 2.24) is 9.13 Å². The summed E-state index contributed by atoms with van der Waals surface area (Å²) in [6.07, 6.45) is 0. The van der Waals surface area contributed by atoms with Crippen LogP contribution in [0.15, 0.2) is 211 Å². The summed E-state index contributed by atoms with van der Waals surface area (Å²) in [6.45, 7) is 0. The standard InChI is InChI=1S/C54H34N2O/c1-3-13-35(14-4-1)37-17-11-18-40(31-37)55-48-22-9-7-19-43(48)46-32-38(25-29-50(46)55)39-26-30-51-47(33-39)44-20-8-10-23-49(44)56(51)41-27-28-45-53(34-41)57-52-24-12-21-42(54(45)52)36-15-5-2-6-16-36/h1-34H. The highest BCUT2D eigenvalue weighted by molar-refractivity contribution is 6.15. The van der Waals surface area contributed by atoms with Crippen molar-refractivity contribution in [2.75, 3.05) is 0 Å². The summed E-state index contributed by atoms with van der Waals surface area (Å²) in [4.78, 5) is 0. The molecular weight excluding hydrogens is 693 g/mol. The Hall–Kier alpha value is -7.62. The van der Waals surface area contributed by atoms with Gasteiger partial charge in [0.05, 0.1) is 22.1 Å². The minimum Gasteiger partial charge on any atom is -0.456 e. The molecule has 0 aliphatic heterocycles. The Morgan fingerprint density at radius 3 is 1.47 bits per heavy atom. The average molecular weight is 727 g/mol. The number of nitrogens with zero attached hydrogens (tertiary/aromatic N) is 2. The third-order valence-corrected chi connectivity index (χ3v) is 11.7. The van der Waals surface area contributed by atoms with Crippen LogP contribution in [0.2, 0.25) is 0 Å². The lowest BCUT2D eigenvalue weighted by atomic mass is 9.99. The van der Waals surface area contributed by atoms with Gasteiger partial charge >= 0.3 is 0 Å². The highest BCUT2D eigenvalue weighted by Gasteiger charge is 2.18. The van der Waals surface area contributed by atoms with Crippen molar-refractivity contribution >= 4 is 65.6 Å². The van der Waals surface area contributed by atoms with Crippen molar-refractivity contribution in [3.05, 3.63) is 206 Å². The van der Waals surface area contributed by atoms with Gasteiger partial charge < -0.3 is 13.6 Å². The molecule has 0 aliphatic rings. The van der Waals surface area contributed by atoms with Crippen LogP contribution in [0, 0.1) is 0 Å². The second kappa shape index (κ2) is 12.5. The van der Waals surface area contributed by atoms with Gasteiger partial charge in [0.15, 0.2) is 0 Å². The number of hydrogen-bond acceptors (Lipinski definition) is 1. The largest absolute Gasteiger partial charge is 0.456 e. The fourth-order valence-electron chi connectivity index (χ4n) is 9.13. The topological polar surface area (TPSA) is 23.0 Å². The van der Waals surface area contributed by atoms with Gasteiger partial charge in [-0.2, -0.15) is 0 Å². The normalized spacial score (nSPS) is 11.9. The molecule has 12 aromatic rings. The van der Waals surface area contributed by atoms with E-state index in [1.54, 1.807) is 0 Å². The zero-order chi connectivity index (χ0) is 37.5. The highest BCUT2D eigenvalue weighted by atomic mass is 16.3. The van der Waals surface area contributed by atoms with Crippen LogP contribution >= 0.6 is 0 Å². The fraction of sp³-hybridized carbons (Fsp3) is 0. The number of furan rings is 1. The van der Waals surface area contributed by atoms with Crippen LogP contribution in [-0.4, -0.2) is 9.13 Å². The highest BCUT2D eigenvalue weighted by Crippen LogP contribution is 2.41.